The number of rotatable bonds is 7. The SMILES string of the molecule is CC(C)CCCCNC(=O)CN1C(=O)c2ccccc2C1=O. The van der Waals surface area contributed by atoms with Gasteiger partial charge < -0.3 is 5.32 Å². The fourth-order valence-electron chi connectivity index (χ4n) is 2.49. The van der Waals surface area contributed by atoms with Crippen molar-refractivity contribution in [1.82, 2.24) is 10.2 Å². The molecule has 0 unspecified atom stereocenters. The molecule has 0 aromatic heterocycles. The molecular weight excluding hydrogens is 280 g/mol. The molecule has 0 spiro atoms. The number of imide groups is 1. The van der Waals surface area contributed by atoms with Gasteiger partial charge in [0.05, 0.1) is 11.1 Å². The Kier molecular flexibility index (Phi) is 5.31. The summed E-state index contributed by atoms with van der Waals surface area (Å²) in [6.07, 6.45) is 3.10. The van der Waals surface area contributed by atoms with Crippen LogP contribution in [0.5, 0.6) is 0 Å². The first kappa shape index (κ1) is 16.2. The number of carbonyl (C=O) groups excluding carboxylic acids is 3. The van der Waals surface area contributed by atoms with Crippen LogP contribution in [0.2, 0.25) is 0 Å². The van der Waals surface area contributed by atoms with Crippen LogP contribution in [0.4, 0.5) is 0 Å². The molecule has 1 aliphatic heterocycles. The molecule has 0 fully saturated rings. The second kappa shape index (κ2) is 7.20. The van der Waals surface area contributed by atoms with Crippen LogP contribution in [0.1, 0.15) is 53.8 Å². The number of carbonyl (C=O) groups is 3. The van der Waals surface area contributed by atoms with Crippen molar-refractivity contribution in [3.63, 3.8) is 0 Å². The zero-order valence-corrected chi connectivity index (χ0v) is 13.1. The second-order valence-corrected chi connectivity index (χ2v) is 5.98. The third kappa shape index (κ3) is 3.72. The third-order valence-corrected chi connectivity index (χ3v) is 3.71. The molecule has 118 valence electrons. The van der Waals surface area contributed by atoms with Crippen LogP contribution in [0.3, 0.4) is 0 Å². The van der Waals surface area contributed by atoms with Gasteiger partial charge in [0.15, 0.2) is 0 Å². The lowest BCUT2D eigenvalue weighted by molar-refractivity contribution is -0.121. The highest BCUT2D eigenvalue weighted by Gasteiger charge is 2.36. The normalized spacial score (nSPS) is 13.7. The molecule has 0 saturated heterocycles. The van der Waals surface area contributed by atoms with Gasteiger partial charge in [0, 0.05) is 6.54 Å². The van der Waals surface area contributed by atoms with Gasteiger partial charge in [0.1, 0.15) is 6.54 Å². The largest absolute Gasteiger partial charge is 0.355 e. The quantitative estimate of drug-likeness (QED) is 0.620. The highest BCUT2D eigenvalue weighted by Crippen LogP contribution is 2.21. The molecule has 2 rings (SSSR count). The van der Waals surface area contributed by atoms with Crippen molar-refractivity contribution in [1.29, 1.82) is 0 Å². The number of fused-ring (bicyclic) bond motifs is 1. The van der Waals surface area contributed by atoms with Crippen molar-refractivity contribution in [2.45, 2.75) is 33.1 Å². The maximum atomic E-state index is 12.1. The molecular formula is C17H22N2O3. The summed E-state index contributed by atoms with van der Waals surface area (Å²) in [5.74, 6) is -0.417. The van der Waals surface area contributed by atoms with Gasteiger partial charge in [-0.3, -0.25) is 19.3 Å². The van der Waals surface area contributed by atoms with Gasteiger partial charge in [-0.15, -0.1) is 0 Å². The van der Waals surface area contributed by atoms with Crippen LogP contribution < -0.4 is 5.32 Å². The summed E-state index contributed by atoms with van der Waals surface area (Å²) in [4.78, 5) is 37.1. The van der Waals surface area contributed by atoms with E-state index in [2.05, 4.69) is 19.2 Å². The first-order chi connectivity index (χ1) is 10.5. The molecule has 1 aliphatic rings. The lowest BCUT2D eigenvalue weighted by atomic mass is 10.1. The highest BCUT2D eigenvalue weighted by molar-refractivity contribution is 6.22. The number of unbranched alkanes of at least 4 members (excludes halogenated alkanes) is 1. The van der Waals surface area contributed by atoms with E-state index in [9.17, 15) is 14.4 Å². The molecule has 1 N–H and O–H groups in total. The first-order valence-electron chi connectivity index (χ1n) is 7.72. The molecule has 1 heterocycles. The van der Waals surface area contributed by atoms with E-state index in [1.807, 2.05) is 0 Å². The smallest absolute Gasteiger partial charge is 0.262 e. The molecule has 0 atom stereocenters. The summed E-state index contributed by atoms with van der Waals surface area (Å²) in [6.45, 7) is 4.70. The Morgan fingerprint density at radius 3 is 2.23 bits per heavy atom. The van der Waals surface area contributed by atoms with Crippen LogP contribution >= 0.6 is 0 Å². The minimum absolute atomic E-state index is 0.212. The van der Waals surface area contributed by atoms with E-state index in [1.165, 1.54) is 0 Å². The fourth-order valence-corrected chi connectivity index (χ4v) is 2.49. The molecule has 22 heavy (non-hydrogen) atoms. The number of nitrogens with one attached hydrogen (secondary N) is 1. The average molecular weight is 302 g/mol. The van der Waals surface area contributed by atoms with E-state index in [-0.39, 0.29) is 12.5 Å². The summed E-state index contributed by atoms with van der Waals surface area (Å²) in [7, 11) is 0. The monoisotopic (exact) mass is 302 g/mol. The Hall–Kier alpha value is -2.17. The Morgan fingerprint density at radius 2 is 1.68 bits per heavy atom. The number of amides is 3. The van der Waals surface area contributed by atoms with Gasteiger partial charge in [-0.2, -0.15) is 0 Å². The van der Waals surface area contributed by atoms with E-state index in [4.69, 9.17) is 0 Å². The molecule has 0 aliphatic carbocycles. The molecule has 1 aromatic rings. The zero-order chi connectivity index (χ0) is 16.1. The predicted molar refractivity (Wildman–Crippen MR) is 83.5 cm³/mol. The zero-order valence-electron chi connectivity index (χ0n) is 13.1. The third-order valence-electron chi connectivity index (χ3n) is 3.71. The fraction of sp³-hybridized carbons (Fsp3) is 0.471. The topological polar surface area (TPSA) is 66.5 Å². The van der Waals surface area contributed by atoms with Gasteiger partial charge in [-0.1, -0.05) is 38.8 Å². The maximum absolute atomic E-state index is 12.1. The van der Waals surface area contributed by atoms with Crippen LogP contribution in [-0.2, 0) is 4.79 Å². The van der Waals surface area contributed by atoms with E-state index in [0.29, 0.717) is 23.6 Å². The van der Waals surface area contributed by atoms with E-state index < -0.39 is 11.8 Å². The van der Waals surface area contributed by atoms with Gasteiger partial charge in [0.25, 0.3) is 11.8 Å². The summed E-state index contributed by atoms with van der Waals surface area (Å²) in [5, 5.41) is 2.77. The van der Waals surface area contributed by atoms with Crippen molar-refractivity contribution in [2.24, 2.45) is 5.92 Å². The number of hydrogen-bond donors (Lipinski definition) is 1. The Bertz CT molecular complexity index is 546. The molecule has 0 bridgehead atoms. The lowest BCUT2D eigenvalue weighted by Crippen LogP contribution is -2.40. The van der Waals surface area contributed by atoms with Crippen LogP contribution in [0.25, 0.3) is 0 Å². The Labute approximate surface area is 130 Å². The van der Waals surface area contributed by atoms with Gasteiger partial charge >= 0.3 is 0 Å². The average Bonchev–Trinajstić information content (AvgIpc) is 2.72. The molecule has 0 radical (unpaired) electrons. The number of nitrogens with zero attached hydrogens (tertiary/aromatic N) is 1. The molecule has 3 amide bonds. The summed E-state index contributed by atoms with van der Waals surface area (Å²) in [5.41, 5.74) is 0.745. The minimum atomic E-state index is -0.393. The van der Waals surface area contributed by atoms with Gasteiger partial charge in [-0.25, -0.2) is 0 Å². The summed E-state index contributed by atoms with van der Waals surface area (Å²) < 4.78 is 0. The summed E-state index contributed by atoms with van der Waals surface area (Å²) >= 11 is 0. The standard InChI is InChI=1S/C17H22N2O3/c1-12(2)7-5-6-10-18-15(20)11-19-16(21)13-8-3-4-9-14(13)17(19)22/h3-4,8-9,12H,5-7,10-11H2,1-2H3,(H,18,20). The molecule has 5 heteroatoms. The number of benzene rings is 1. The lowest BCUT2D eigenvalue weighted by Gasteiger charge is -2.13. The first-order valence-corrected chi connectivity index (χ1v) is 7.72. The Morgan fingerprint density at radius 1 is 1.09 bits per heavy atom. The van der Waals surface area contributed by atoms with Crippen LogP contribution in [-0.4, -0.2) is 35.7 Å². The van der Waals surface area contributed by atoms with Crippen molar-refractivity contribution >= 4 is 17.7 Å². The van der Waals surface area contributed by atoms with Crippen molar-refractivity contribution in [3.05, 3.63) is 35.4 Å². The highest BCUT2D eigenvalue weighted by atomic mass is 16.2. The van der Waals surface area contributed by atoms with Crippen LogP contribution in [0, 0.1) is 5.92 Å². The van der Waals surface area contributed by atoms with Crippen molar-refractivity contribution < 1.29 is 14.4 Å². The minimum Gasteiger partial charge on any atom is -0.355 e. The second-order valence-electron chi connectivity index (χ2n) is 5.98. The van der Waals surface area contributed by atoms with Gasteiger partial charge in [0.2, 0.25) is 5.91 Å². The molecule has 5 nitrogen and oxygen atoms in total. The van der Waals surface area contributed by atoms with Crippen molar-refractivity contribution in [3.8, 4) is 0 Å². The van der Waals surface area contributed by atoms with Crippen LogP contribution in [0.15, 0.2) is 24.3 Å². The molecule has 0 saturated carbocycles. The predicted octanol–water partition coefficient (Wildman–Crippen LogP) is 2.23. The number of hydrogen-bond acceptors (Lipinski definition) is 3. The van der Waals surface area contributed by atoms with E-state index >= 15 is 0 Å². The Balaban J connectivity index is 1.81. The van der Waals surface area contributed by atoms with E-state index in [0.717, 1.165) is 24.2 Å². The summed E-state index contributed by atoms with van der Waals surface area (Å²) in [6, 6.07) is 6.64. The molecule has 1 aromatic carbocycles. The van der Waals surface area contributed by atoms with Gasteiger partial charge in [-0.05, 0) is 24.5 Å². The van der Waals surface area contributed by atoms with E-state index in [1.54, 1.807) is 24.3 Å². The maximum Gasteiger partial charge on any atom is 0.262 e. The van der Waals surface area contributed by atoms with Crippen molar-refractivity contribution in [2.75, 3.05) is 13.1 Å².